The van der Waals surface area contributed by atoms with Crippen molar-refractivity contribution >= 4 is 5.91 Å². The van der Waals surface area contributed by atoms with Crippen molar-refractivity contribution in [3.8, 4) is 17.6 Å². The van der Waals surface area contributed by atoms with Gasteiger partial charge in [0.1, 0.15) is 17.9 Å². The molecule has 2 aromatic rings. The summed E-state index contributed by atoms with van der Waals surface area (Å²) in [5.74, 6) is 1.27. The van der Waals surface area contributed by atoms with Crippen LogP contribution in [0.3, 0.4) is 0 Å². The van der Waals surface area contributed by atoms with Gasteiger partial charge in [0.25, 0.3) is 5.91 Å². The summed E-state index contributed by atoms with van der Waals surface area (Å²) in [5.41, 5.74) is 0.782. The Morgan fingerprint density at radius 3 is 2.76 bits per heavy atom. The van der Waals surface area contributed by atoms with Crippen molar-refractivity contribution in [2.75, 3.05) is 20.2 Å². The molecule has 0 spiro atoms. The minimum Gasteiger partial charge on any atom is -0.493 e. The van der Waals surface area contributed by atoms with Gasteiger partial charge in [-0.25, -0.2) is 4.98 Å². The van der Waals surface area contributed by atoms with Crippen molar-refractivity contribution < 1.29 is 14.3 Å². The summed E-state index contributed by atoms with van der Waals surface area (Å²) in [4.78, 5) is 18.4. The number of ether oxygens (including phenoxy) is 2. The number of carbonyl (C=O) groups is 1. The molecule has 0 bridgehead atoms. The molecule has 1 aromatic carbocycles. The van der Waals surface area contributed by atoms with Crippen LogP contribution in [-0.2, 0) is 0 Å². The van der Waals surface area contributed by atoms with Crippen LogP contribution >= 0.6 is 0 Å². The Hall–Kier alpha value is -3.07. The van der Waals surface area contributed by atoms with Crippen LogP contribution < -0.4 is 9.47 Å². The van der Waals surface area contributed by atoms with E-state index in [9.17, 15) is 4.79 Å². The van der Waals surface area contributed by atoms with E-state index < -0.39 is 0 Å². The van der Waals surface area contributed by atoms with Gasteiger partial charge >= 0.3 is 0 Å². The van der Waals surface area contributed by atoms with Crippen molar-refractivity contribution in [2.45, 2.75) is 18.9 Å². The number of benzene rings is 1. The van der Waals surface area contributed by atoms with Crippen molar-refractivity contribution in [2.24, 2.45) is 0 Å². The molecule has 1 aliphatic heterocycles. The topological polar surface area (TPSA) is 75.5 Å². The molecule has 1 fully saturated rings. The molecule has 0 saturated carbocycles. The first-order valence-corrected chi connectivity index (χ1v) is 8.16. The Morgan fingerprint density at radius 2 is 2.08 bits per heavy atom. The van der Waals surface area contributed by atoms with E-state index in [0.29, 0.717) is 35.8 Å². The molecule has 25 heavy (non-hydrogen) atoms. The van der Waals surface area contributed by atoms with Crippen LogP contribution in [0.1, 0.15) is 28.9 Å². The normalized spacial score (nSPS) is 16.8. The smallest absolute Gasteiger partial charge is 0.255 e. The number of piperidine rings is 1. The summed E-state index contributed by atoms with van der Waals surface area (Å²) < 4.78 is 11.4. The number of amides is 1. The first-order chi connectivity index (χ1) is 12.2. The molecule has 6 heteroatoms. The summed E-state index contributed by atoms with van der Waals surface area (Å²) in [5, 5.41) is 8.80. The van der Waals surface area contributed by atoms with Crippen molar-refractivity contribution in [3.63, 3.8) is 0 Å². The maximum Gasteiger partial charge on any atom is 0.255 e. The average Bonchev–Trinajstić information content (AvgIpc) is 2.68. The summed E-state index contributed by atoms with van der Waals surface area (Å²) >= 11 is 0. The molecule has 1 aromatic heterocycles. The fraction of sp³-hybridized carbons (Fsp3) is 0.316. The predicted molar refractivity (Wildman–Crippen MR) is 91.5 cm³/mol. The van der Waals surface area contributed by atoms with Crippen LogP contribution in [0.4, 0.5) is 0 Å². The quantitative estimate of drug-likeness (QED) is 0.857. The van der Waals surface area contributed by atoms with Gasteiger partial charge in [0.05, 0.1) is 19.2 Å². The lowest BCUT2D eigenvalue weighted by Gasteiger charge is -2.33. The molecule has 1 amide bonds. The second kappa shape index (κ2) is 7.67. The van der Waals surface area contributed by atoms with Crippen LogP contribution in [0.5, 0.6) is 11.5 Å². The Morgan fingerprint density at radius 1 is 1.28 bits per heavy atom. The second-order valence-electron chi connectivity index (χ2n) is 5.83. The van der Waals surface area contributed by atoms with Crippen molar-refractivity contribution in [1.82, 2.24) is 9.88 Å². The van der Waals surface area contributed by atoms with E-state index in [2.05, 4.69) is 4.98 Å². The van der Waals surface area contributed by atoms with E-state index in [1.54, 1.807) is 24.1 Å². The van der Waals surface area contributed by atoms with E-state index in [0.717, 1.165) is 12.8 Å². The highest BCUT2D eigenvalue weighted by atomic mass is 16.5. The van der Waals surface area contributed by atoms with Gasteiger partial charge in [0, 0.05) is 12.7 Å². The maximum absolute atomic E-state index is 12.6. The van der Waals surface area contributed by atoms with E-state index in [-0.39, 0.29) is 12.0 Å². The van der Waals surface area contributed by atoms with E-state index in [4.69, 9.17) is 14.7 Å². The molecular weight excluding hydrogens is 318 g/mol. The Kier molecular flexibility index (Phi) is 5.14. The zero-order valence-corrected chi connectivity index (χ0v) is 14.0. The molecule has 6 nitrogen and oxygen atoms in total. The third-order valence-corrected chi connectivity index (χ3v) is 4.15. The highest BCUT2D eigenvalue weighted by molar-refractivity contribution is 5.94. The number of carbonyl (C=O) groups excluding carboxylic acids is 1. The highest BCUT2D eigenvalue weighted by Crippen LogP contribution is 2.28. The van der Waals surface area contributed by atoms with Crippen LogP contribution in [0.25, 0.3) is 0 Å². The molecule has 2 heterocycles. The first-order valence-electron chi connectivity index (χ1n) is 8.16. The molecule has 0 radical (unpaired) electrons. The predicted octanol–water partition coefficient (Wildman–Crippen LogP) is 2.65. The number of aromatic nitrogens is 1. The van der Waals surface area contributed by atoms with Crippen LogP contribution in [-0.4, -0.2) is 42.1 Å². The number of likely N-dealkylation sites (tertiary alicyclic amines) is 1. The van der Waals surface area contributed by atoms with Gasteiger partial charge in [0.2, 0.25) is 0 Å². The summed E-state index contributed by atoms with van der Waals surface area (Å²) in [6.07, 6.45) is 3.12. The lowest BCUT2D eigenvalue weighted by molar-refractivity contribution is 0.0532. The number of hydrogen-bond acceptors (Lipinski definition) is 5. The fourth-order valence-electron chi connectivity index (χ4n) is 2.88. The van der Waals surface area contributed by atoms with Crippen LogP contribution in [0.15, 0.2) is 42.6 Å². The number of pyridine rings is 1. The minimum absolute atomic E-state index is 0.0830. The standard InChI is InChI=1S/C19H19N3O3/c1-24-17-6-2-3-7-18(17)25-16-5-4-10-22(13-16)19(23)14-8-9-15(11-20)21-12-14/h2-3,6-9,12,16H,4-5,10,13H2,1H3. The maximum atomic E-state index is 12.6. The SMILES string of the molecule is COc1ccccc1OC1CCCN(C(=O)c2ccc(C#N)nc2)C1. The number of rotatable bonds is 4. The molecule has 1 atom stereocenters. The van der Waals surface area contributed by atoms with Gasteiger partial charge < -0.3 is 14.4 Å². The molecular formula is C19H19N3O3. The van der Waals surface area contributed by atoms with Crippen molar-refractivity contribution in [3.05, 3.63) is 53.9 Å². The van der Waals surface area contributed by atoms with Gasteiger partial charge in [-0.2, -0.15) is 5.26 Å². The van der Waals surface area contributed by atoms with Gasteiger partial charge in [-0.1, -0.05) is 12.1 Å². The lowest BCUT2D eigenvalue weighted by atomic mass is 10.1. The number of hydrogen-bond donors (Lipinski definition) is 0. The monoisotopic (exact) mass is 337 g/mol. The number of nitriles is 1. The van der Waals surface area contributed by atoms with Crippen molar-refractivity contribution in [1.29, 1.82) is 5.26 Å². The first kappa shape index (κ1) is 16.8. The van der Waals surface area contributed by atoms with Gasteiger partial charge in [-0.05, 0) is 37.1 Å². The highest BCUT2D eigenvalue weighted by Gasteiger charge is 2.26. The Balaban J connectivity index is 1.68. The van der Waals surface area contributed by atoms with Gasteiger partial charge in [-0.15, -0.1) is 0 Å². The van der Waals surface area contributed by atoms with Crippen LogP contribution in [0.2, 0.25) is 0 Å². The summed E-state index contributed by atoms with van der Waals surface area (Å²) in [6.45, 7) is 1.20. The molecule has 0 N–H and O–H groups in total. The van der Waals surface area contributed by atoms with Gasteiger partial charge in [0.15, 0.2) is 11.5 Å². The molecule has 0 aliphatic carbocycles. The van der Waals surface area contributed by atoms with E-state index in [1.807, 2.05) is 30.3 Å². The van der Waals surface area contributed by atoms with E-state index in [1.165, 1.54) is 6.20 Å². The number of methoxy groups -OCH3 is 1. The van der Waals surface area contributed by atoms with E-state index >= 15 is 0 Å². The zero-order chi connectivity index (χ0) is 17.6. The molecule has 3 rings (SSSR count). The second-order valence-corrected chi connectivity index (χ2v) is 5.83. The average molecular weight is 337 g/mol. The largest absolute Gasteiger partial charge is 0.493 e. The minimum atomic E-state index is -0.0923. The zero-order valence-electron chi connectivity index (χ0n) is 14.0. The summed E-state index contributed by atoms with van der Waals surface area (Å²) in [6, 6.07) is 12.6. The summed E-state index contributed by atoms with van der Waals surface area (Å²) in [7, 11) is 1.61. The fourth-order valence-corrected chi connectivity index (χ4v) is 2.88. The van der Waals surface area contributed by atoms with Crippen LogP contribution in [0, 0.1) is 11.3 Å². The molecule has 1 unspecified atom stereocenters. The molecule has 1 saturated heterocycles. The number of para-hydroxylation sites is 2. The third-order valence-electron chi connectivity index (χ3n) is 4.15. The van der Waals surface area contributed by atoms with Gasteiger partial charge in [-0.3, -0.25) is 4.79 Å². The lowest BCUT2D eigenvalue weighted by Crippen LogP contribution is -2.44. The molecule has 1 aliphatic rings. The Labute approximate surface area is 146 Å². The third kappa shape index (κ3) is 3.89. The Bertz CT molecular complexity index is 783. The number of nitrogens with zero attached hydrogens (tertiary/aromatic N) is 3. The molecule has 128 valence electrons.